The molecule has 0 aromatic carbocycles. The lowest BCUT2D eigenvalue weighted by atomic mass is 10.2. The Morgan fingerprint density at radius 1 is 1.47 bits per heavy atom. The molecule has 1 atom stereocenters. The predicted molar refractivity (Wildman–Crippen MR) is 70.0 cm³/mol. The number of ether oxygens (including phenoxy) is 2. The van der Waals surface area contributed by atoms with Gasteiger partial charge in [0.1, 0.15) is 11.7 Å². The van der Waals surface area contributed by atoms with Gasteiger partial charge in [0.15, 0.2) is 5.75 Å². The van der Waals surface area contributed by atoms with Gasteiger partial charge < -0.3 is 14.4 Å². The molecule has 0 radical (unpaired) electrons. The van der Waals surface area contributed by atoms with Gasteiger partial charge in [-0.25, -0.2) is 4.79 Å². The fourth-order valence-corrected chi connectivity index (χ4v) is 1.97. The Bertz CT molecular complexity index is 450. The van der Waals surface area contributed by atoms with Gasteiger partial charge in [-0.05, 0) is 20.8 Å². The molecule has 6 nitrogen and oxygen atoms in total. The van der Waals surface area contributed by atoms with Crippen molar-refractivity contribution in [1.29, 1.82) is 0 Å². The maximum atomic E-state index is 11.9. The average molecular weight is 267 g/mol. The van der Waals surface area contributed by atoms with Crippen molar-refractivity contribution in [3.63, 3.8) is 0 Å². The van der Waals surface area contributed by atoms with Crippen molar-refractivity contribution in [2.24, 2.45) is 7.05 Å². The van der Waals surface area contributed by atoms with Crippen molar-refractivity contribution in [2.45, 2.75) is 38.9 Å². The molecule has 19 heavy (non-hydrogen) atoms. The highest BCUT2D eigenvalue weighted by Crippen LogP contribution is 2.19. The first kappa shape index (κ1) is 13.7. The smallest absolute Gasteiger partial charge is 0.410 e. The van der Waals surface area contributed by atoms with Gasteiger partial charge in [0.2, 0.25) is 0 Å². The van der Waals surface area contributed by atoms with Crippen LogP contribution >= 0.6 is 0 Å². The number of amides is 1. The Hall–Kier alpha value is -1.72. The Morgan fingerprint density at radius 2 is 2.21 bits per heavy atom. The summed E-state index contributed by atoms with van der Waals surface area (Å²) in [7, 11) is 1.84. The molecule has 106 valence electrons. The van der Waals surface area contributed by atoms with Gasteiger partial charge in [-0.15, -0.1) is 0 Å². The van der Waals surface area contributed by atoms with E-state index in [2.05, 4.69) is 5.10 Å². The van der Waals surface area contributed by atoms with E-state index in [0.29, 0.717) is 13.1 Å². The van der Waals surface area contributed by atoms with Crippen LogP contribution in [0.2, 0.25) is 0 Å². The maximum absolute atomic E-state index is 11.9. The molecule has 1 fully saturated rings. The fourth-order valence-electron chi connectivity index (χ4n) is 1.97. The van der Waals surface area contributed by atoms with Crippen LogP contribution in [0.25, 0.3) is 0 Å². The van der Waals surface area contributed by atoms with E-state index in [1.54, 1.807) is 15.8 Å². The van der Waals surface area contributed by atoms with Crippen LogP contribution in [0.5, 0.6) is 5.75 Å². The molecular formula is C13H21N3O3. The van der Waals surface area contributed by atoms with Crippen LogP contribution in [0.15, 0.2) is 12.4 Å². The predicted octanol–water partition coefficient (Wildman–Crippen LogP) is 1.81. The van der Waals surface area contributed by atoms with Crippen molar-refractivity contribution in [3.05, 3.63) is 12.4 Å². The topological polar surface area (TPSA) is 56.6 Å². The number of nitrogens with zero attached hydrogens (tertiary/aromatic N) is 3. The zero-order chi connectivity index (χ0) is 14.0. The Labute approximate surface area is 113 Å². The number of rotatable bonds is 2. The first-order valence-electron chi connectivity index (χ1n) is 6.47. The maximum Gasteiger partial charge on any atom is 0.410 e. The molecule has 1 saturated heterocycles. The highest BCUT2D eigenvalue weighted by atomic mass is 16.6. The van der Waals surface area contributed by atoms with Crippen LogP contribution in [-0.4, -0.2) is 45.6 Å². The lowest BCUT2D eigenvalue weighted by molar-refractivity contribution is 0.0275. The lowest BCUT2D eigenvalue weighted by Gasteiger charge is -2.24. The van der Waals surface area contributed by atoms with Gasteiger partial charge in [-0.3, -0.25) is 4.68 Å². The van der Waals surface area contributed by atoms with Crippen molar-refractivity contribution in [2.75, 3.05) is 13.1 Å². The van der Waals surface area contributed by atoms with Gasteiger partial charge in [0.25, 0.3) is 0 Å². The van der Waals surface area contributed by atoms with E-state index in [4.69, 9.17) is 9.47 Å². The van der Waals surface area contributed by atoms with Gasteiger partial charge in [-0.2, -0.15) is 5.10 Å². The fraction of sp³-hybridized carbons (Fsp3) is 0.692. The number of aryl methyl sites for hydroxylation is 1. The summed E-state index contributed by atoms with van der Waals surface area (Å²) in [5.41, 5.74) is -0.459. The molecule has 1 aliphatic rings. The Morgan fingerprint density at radius 3 is 2.79 bits per heavy atom. The minimum absolute atomic E-state index is 0.0109. The zero-order valence-electron chi connectivity index (χ0n) is 11.9. The molecule has 1 aromatic rings. The van der Waals surface area contributed by atoms with Crippen molar-refractivity contribution < 1.29 is 14.3 Å². The number of hydrogen-bond acceptors (Lipinski definition) is 4. The van der Waals surface area contributed by atoms with E-state index >= 15 is 0 Å². The van der Waals surface area contributed by atoms with Crippen LogP contribution < -0.4 is 4.74 Å². The van der Waals surface area contributed by atoms with Crippen LogP contribution in [0.4, 0.5) is 4.79 Å². The van der Waals surface area contributed by atoms with Crippen LogP contribution in [-0.2, 0) is 11.8 Å². The van der Waals surface area contributed by atoms with Gasteiger partial charge >= 0.3 is 6.09 Å². The Balaban J connectivity index is 1.84. The van der Waals surface area contributed by atoms with E-state index in [-0.39, 0.29) is 12.2 Å². The first-order valence-corrected chi connectivity index (χ1v) is 6.47. The van der Waals surface area contributed by atoms with Crippen LogP contribution in [0.1, 0.15) is 27.2 Å². The molecule has 0 aliphatic carbocycles. The van der Waals surface area contributed by atoms with Gasteiger partial charge in [0, 0.05) is 20.0 Å². The van der Waals surface area contributed by atoms with Crippen LogP contribution in [0.3, 0.4) is 0 Å². The molecular weight excluding hydrogens is 246 g/mol. The van der Waals surface area contributed by atoms with Crippen LogP contribution in [0, 0.1) is 0 Å². The molecule has 0 spiro atoms. The highest BCUT2D eigenvalue weighted by molar-refractivity contribution is 5.68. The van der Waals surface area contributed by atoms with Gasteiger partial charge in [-0.1, -0.05) is 0 Å². The number of likely N-dealkylation sites (tertiary alicyclic amines) is 1. The molecule has 0 N–H and O–H groups in total. The summed E-state index contributed by atoms with van der Waals surface area (Å²) < 4.78 is 12.8. The number of hydrogen-bond donors (Lipinski definition) is 0. The first-order chi connectivity index (χ1) is 8.83. The third-order valence-electron chi connectivity index (χ3n) is 2.78. The molecule has 1 aromatic heterocycles. The van der Waals surface area contributed by atoms with Crippen molar-refractivity contribution in [1.82, 2.24) is 14.7 Å². The molecule has 0 unspecified atom stereocenters. The summed E-state index contributed by atoms with van der Waals surface area (Å²) in [6.07, 6.45) is 4.04. The monoisotopic (exact) mass is 267 g/mol. The summed E-state index contributed by atoms with van der Waals surface area (Å²) in [6, 6.07) is 0. The van der Waals surface area contributed by atoms with Gasteiger partial charge in [0.05, 0.1) is 18.9 Å². The third-order valence-corrected chi connectivity index (χ3v) is 2.78. The molecule has 6 heteroatoms. The SMILES string of the molecule is Cn1cc(O[C@H]2CCN(C(=O)OC(C)(C)C)C2)cn1. The highest BCUT2D eigenvalue weighted by Gasteiger charge is 2.30. The molecule has 1 aliphatic heterocycles. The average Bonchev–Trinajstić information content (AvgIpc) is 2.86. The Kier molecular flexibility index (Phi) is 3.68. The largest absolute Gasteiger partial charge is 0.485 e. The normalized spacial score (nSPS) is 19.6. The second-order valence-corrected chi connectivity index (χ2v) is 5.80. The molecule has 2 rings (SSSR count). The standard InChI is InChI=1S/C13H21N3O3/c1-13(2,3)19-12(17)16-6-5-10(9-16)18-11-7-14-15(4)8-11/h7-8,10H,5-6,9H2,1-4H3/t10-/m0/s1. The molecule has 0 saturated carbocycles. The second kappa shape index (κ2) is 5.11. The van der Waals surface area contributed by atoms with Crippen molar-refractivity contribution in [3.8, 4) is 5.75 Å². The van der Waals surface area contributed by atoms with Crippen molar-refractivity contribution >= 4 is 6.09 Å². The summed E-state index contributed by atoms with van der Waals surface area (Å²) >= 11 is 0. The molecule has 2 heterocycles. The zero-order valence-corrected chi connectivity index (χ0v) is 11.9. The summed E-state index contributed by atoms with van der Waals surface area (Å²) in [4.78, 5) is 13.6. The third kappa shape index (κ3) is 3.87. The molecule has 1 amide bonds. The van der Waals surface area contributed by atoms with E-state index in [1.165, 1.54) is 0 Å². The summed E-state index contributed by atoms with van der Waals surface area (Å²) in [5, 5.41) is 4.05. The van der Waals surface area contributed by atoms with E-state index in [9.17, 15) is 4.79 Å². The number of carbonyl (C=O) groups excluding carboxylic acids is 1. The number of aromatic nitrogens is 2. The summed E-state index contributed by atoms with van der Waals surface area (Å²) in [6.45, 7) is 6.82. The summed E-state index contributed by atoms with van der Waals surface area (Å²) in [5.74, 6) is 0.735. The van der Waals surface area contributed by atoms with E-state index in [1.807, 2.05) is 34.0 Å². The van der Waals surface area contributed by atoms with E-state index in [0.717, 1.165) is 12.2 Å². The quantitative estimate of drug-likeness (QED) is 0.820. The lowest BCUT2D eigenvalue weighted by Crippen LogP contribution is -2.36. The minimum Gasteiger partial charge on any atom is -0.485 e. The second-order valence-electron chi connectivity index (χ2n) is 5.80. The number of carbonyl (C=O) groups is 1. The van der Waals surface area contributed by atoms with E-state index < -0.39 is 5.60 Å². The minimum atomic E-state index is -0.459. The molecule has 0 bridgehead atoms.